The largest absolute Gasteiger partial charge is 0.355 e. The molecule has 1 aliphatic rings. The number of rotatable bonds is 6. The third-order valence-electron chi connectivity index (χ3n) is 4.60. The molecule has 0 radical (unpaired) electrons. The van der Waals surface area contributed by atoms with Crippen LogP contribution in [0.4, 0.5) is 11.4 Å². The summed E-state index contributed by atoms with van der Waals surface area (Å²) in [6, 6.07) is 14.6. The average molecular weight is 400 g/mol. The first kappa shape index (κ1) is 19.9. The molecule has 146 valence electrons. The number of anilines is 2. The Bertz CT molecular complexity index is 883. The molecule has 28 heavy (non-hydrogen) atoms. The third-order valence-corrected chi connectivity index (χ3v) is 4.85. The van der Waals surface area contributed by atoms with Gasteiger partial charge in [0.15, 0.2) is 0 Å². The van der Waals surface area contributed by atoms with Gasteiger partial charge in [-0.15, -0.1) is 0 Å². The maximum atomic E-state index is 12.5. The minimum Gasteiger partial charge on any atom is -0.355 e. The van der Waals surface area contributed by atoms with Crippen LogP contribution in [0.15, 0.2) is 48.5 Å². The Hall–Kier alpha value is -2.86. The van der Waals surface area contributed by atoms with Gasteiger partial charge in [-0.1, -0.05) is 29.8 Å². The van der Waals surface area contributed by atoms with Crippen molar-refractivity contribution >= 4 is 40.7 Å². The van der Waals surface area contributed by atoms with Crippen LogP contribution < -0.4 is 15.5 Å². The van der Waals surface area contributed by atoms with E-state index in [4.69, 9.17) is 11.6 Å². The Balaban J connectivity index is 1.55. The van der Waals surface area contributed by atoms with Crippen molar-refractivity contribution in [3.8, 4) is 0 Å². The van der Waals surface area contributed by atoms with Gasteiger partial charge in [0, 0.05) is 42.8 Å². The van der Waals surface area contributed by atoms with Crippen LogP contribution in [0.2, 0.25) is 5.02 Å². The molecule has 3 amide bonds. The SMILES string of the molecule is CC(=O)Nc1cccc(N2CC(C(=O)NCCc3ccc(Cl)cc3)CC2=O)c1. The quantitative estimate of drug-likeness (QED) is 0.783. The lowest BCUT2D eigenvalue weighted by atomic mass is 10.1. The standard InChI is InChI=1S/C21H22ClN3O3/c1-14(26)24-18-3-2-4-19(12-18)25-13-16(11-20(25)27)21(28)23-10-9-15-5-7-17(22)8-6-15/h2-8,12,16H,9-11,13H2,1H3,(H,23,28)(H,24,26). The summed E-state index contributed by atoms with van der Waals surface area (Å²) in [5.41, 5.74) is 2.38. The first-order valence-electron chi connectivity index (χ1n) is 9.12. The molecule has 1 atom stereocenters. The topological polar surface area (TPSA) is 78.5 Å². The first-order valence-corrected chi connectivity index (χ1v) is 9.50. The highest BCUT2D eigenvalue weighted by Gasteiger charge is 2.35. The van der Waals surface area contributed by atoms with E-state index in [2.05, 4.69) is 10.6 Å². The summed E-state index contributed by atoms with van der Waals surface area (Å²) in [6.07, 6.45) is 0.878. The summed E-state index contributed by atoms with van der Waals surface area (Å²) in [5.74, 6) is -0.786. The van der Waals surface area contributed by atoms with Crippen molar-refractivity contribution in [1.82, 2.24) is 5.32 Å². The summed E-state index contributed by atoms with van der Waals surface area (Å²) >= 11 is 5.87. The maximum Gasteiger partial charge on any atom is 0.227 e. The number of hydrogen-bond donors (Lipinski definition) is 2. The Morgan fingerprint density at radius 2 is 1.93 bits per heavy atom. The minimum absolute atomic E-state index is 0.0992. The number of nitrogens with one attached hydrogen (secondary N) is 2. The predicted octanol–water partition coefficient (Wildman–Crippen LogP) is 3.01. The monoisotopic (exact) mass is 399 g/mol. The van der Waals surface area contributed by atoms with Crippen molar-refractivity contribution in [2.45, 2.75) is 19.8 Å². The molecule has 2 aromatic rings. The van der Waals surface area contributed by atoms with Crippen molar-refractivity contribution in [1.29, 1.82) is 0 Å². The highest BCUT2D eigenvalue weighted by Crippen LogP contribution is 2.27. The van der Waals surface area contributed by atoms with Crippen LogP contribution in [-0.4, -0.2) is 30.8 Å². The normalized spacial score (nSPS) is 16.1. The summed E-state index contributed by atoms with van der Waals surface area (Å²) < 4.78 is 0. The van der Waals surface area contributed by atoms with Crippen LogP contribution in [0.5, 0.6) is 0 Å². The van der Waals surface area contributed by atoms with Gasteiger partial charge in [0.2, 0.25) is 17.7 Å². The fraction of sp³-hybridized carbons (Fsp3) is 0.286. The minimum atomic E-state index is -0.387. The molecule has 2 N–H and O–H groups in total. The number of carbonyl (C=O) groups is 3. The second-order valence-electron chi connectivity index (χ2n) is 6.80. The lowest BCUT2D eigenvalue weighted by molar-refractivity contribution is -0.126. The molecule has 0 saturated carbocycles. The van der Waals surface area contributed by atoms with Crippen LogP contribution in [0.3, 0.4) is 0 Å². The zero-order valence-electron chi connectivity index (χ0n) is 15.6. The first-order chi connectivity index (χ1) is 13.4. The third kappa shape index (κ3) is 5.10. The number of nitrogens with zero attached hydrogens (tertiary/aromatic N) is 1. The molecule has 1 saturated heterocycles. The van der Waals surface area contributed by atoms with Crippen molar-refractivity contribution < 1.29 is 14.4 Å². The van der Waals surface area contributed by atoms with Gasteiger partial charge >= 0.3 is 0 Å². The highest BCUT2D eigenvalue weighted by molar-refractivity contribution is 6.30. The second-order valence-corrected chi connectivity index (χ2v) is 7.24. The van der Waals surface area contributed by atoms with Crippen molar-refractivity contribution in [2.75, 3.05) is 23.3 Å². The van der Waals surface area contributed by atoms with Crippen molar-refractivity contribution in [3.63, 3.8) is 0 Å². The van der Waals surface area contributed by atoms with E-state index >= 15 is 0 Å². The molecule has 6 nitrogen and oxygen atoms in total. The molecule has 3 rings (SSSR count). The van der Waals surface area contributed by atoms with E-state index in [-0.39, 0.29) is 30.1 Å². The Labute approximate surface area is 168 Å². The van der Waals surface area contributed by atoms with E-state index in [0.717, 1.165) is 5.56 Å². The molecule has 0 aromatic heterocycles. The highest BCUT2D eigenvalue weighted by atomic mass is 35.5. The van der Waals surface area contributed by atoms with Crippen LogP contribution in [0.25, 0.3) is 0 Å². The summed E-state index contributed by atoms with van der Waals surface area (Å²) in [6.45, 7) is 2.26. The molecule has 0 bridgehead atoms. The molecule has 7 heteroatoms. The number of hydrogen-bond acceptors (Lipinski definition) is 3. The van der Waals surface area contributed by atoms with Crippen LogP contribution >= 0.6 is 11.6 Å². The molecule has 2 aromatic carbocycles. The molecule has 1 unspecified atom stereocenters. The molecule has 0 spiro atoms. The van der Waals surface area contributed by atoms with E-state index in [9.17, 15) is 14.4 Å². The number of carbonyl (C=O) groups excluding carboxylic acids is 3. The second kappa shape index (κ2) is 8.89. The zero-order chi connectivity index (χ0) is 20.1. The molecule has 0 aliphatic carbocycles. The lowest BCUT2D eigenvalue weighted by Gasteiger charge is -2.18. The van der Waals surface area contributed by atoms with E-state index in [1.165, 1.54) is 6.92 Å². The summed E-state index contributed by atoms with van der Waals surface area (Å²) in [5, 5.41) is 6.29. The van der Waals surface area contributed by atoms with Crippen LogP contribution in [0.1, 0.15) is 18.9 Å². The number of benzene rings is 2. The zero-order valence-corrected chi connectivity index (χ0v) is 16.3. The fourth-order valence-corrected chi connectivity index (χ4v) is 3.34. The predicted molar refractivity (Wildman–Crippen MR) is 109 cm³/mol. The maximum absolute atomic E-state index is 12.5. The van der Waals surface area contributed by atoms with Crippen molar-refractivity contribution in [2.24, 2.45) is 5.92 Å². The smallest absolute Gasteiger partial charge is 0.227 e. The number of halogens is 1. The van der Waals surface area contributed by atoms with Gasteiger partial charge in [-0.05, 0) is 42.3 Å². The Morgan fingerprint density at radius 3 is 2.64 bits per heavy atom. The summed E-state index contributed by atoms with van der Waals surface area (Å²) in [4.78, 5) is 37.7. The van der Waals surface area contributed by atoms with Gasteiger partial charge in [0.25, 0.3) is 0 Å². The van der Waals surface area contributed by atoms with Crippen LogP contribution in [-0.2, 0) is 20.8 Å². The lowest BCUT2D eigenvalue weighted by Crippen LogP contribution is -2.34. The molecule has 1 fully saturated rings. The Kier molecular flexibility index (Phi) is 6.31. The molecular weight excluding hydrogens is 378 g/mol. The van der Waals surface area contributed by atoms with Gasteiger partial charge < -0.3 is 15.5 Å². The van der Waals surface area contributed by atoms with Gasteiger partial charge in [0.05, 0.1) is 5.92 Å². The van der Waals surface area contributed by atoms with Crippen LogP contribution in [0, 0.1) is 5.92 Å². The van der Waals surface area contributed by atoms with Gasteiger partial charge in [-0.3, -0.25) is 14.4 Å². The molecule has 1 aliphatic heterocycles. The van der Waals surface area contributed by atoms with E-state index < -0.39 is 0 Å². The summed E-state index contributed by atoms with van der Waals surface area (Å²) in [7, 11) is 0. The molecular formula is C21H22ClN3O3. The van der Waals surface area contributed by atoms with E-state index in [1.54, 1.807) is 29.2 Å². The Morgan fingerprint density at radius 1 is 1.18 bits per heavy atom. The van der Waals surface area contributed by atoms with Gasteiger partial charge in [-0.25, -0.2) is 0 Å². The fourth-order valence-electron chi connectivity index (χ4n) is 3.21. The van der Waals surface area contributed by atoms with E-state index in [0.29, 0.717) is 35.9 Å². The van der Waals surface area contributed by atoms with Gasteiger partial charge in [-0.2, -0.15) is 0 Å². The van der Waals surface area contributed by atoms with Gasteiger partial charge in [0.1, 0.15) is 0 Å². The van der Waals surface area contributed by atoms with Crippen molar-refractivity contribution in [3.05, 3.63) is 59.1 Å². The van der Waals surface area contributed by atoms with E-state index in [1.807, 2.05) is 24.3 Å². The molecule has 1 heterocycles. The average Bonchev–Trinajstić information content (AvgIpc) is 3.05. The number of amides is 3.